The van der Waals surface area contributed by atoms with Gasteiger partial charge in [0.1, 0.15) is 0 Å². The second-order valence-electron chi connectivity index (χ2n) is 5.23. The summed E-state index contributed by atoms with van der Waals surface area (Å²) < 4.78 is 0. The molecule has 0 aromatic rings. The van der Waals surface area contributed by atoms with Crippen molar-refractivity contribution >= 4 is 5.91 Å². The summed E-state index contributed by atoms with van der Waals surface area (Å²) >= 11 is 0. The Hall–Kier alpha value is -0.610. The van der Waals surface area contributed by atoms with E-state index in [1.165, 1.54) is 0 Å². The van der Waals surface area contributed by atoms with E-state index in [1.54, 1.807) is 0 Å². The molecule has 0 heterocycles. The molecule has 4 heteroatoms. The predicted octanol–water partition coefficient (Wildman–Crippen LogP) is 0.653. The van der Waals surface area contributed by atoms with Gasteiger partial charge < -0.3 is 15.7 Å². The first kappa shape index (κ1) is 13.5. The maximum Gasteiger partial charge on any atom is 0.233 e. The number of aliphatic hydroxyl groups is 1. The number of rotatable bonds is 6. The van der Waals surface area contributed by atoms with Crippen LogP contribution in [0.25, 0.3) is 0 Å². The van der Waals surface area contributed by atoms with Crippen LogP contribution < -0.4 is 10.6 Å². The van der Waals surface area contributed by atoms with Crippen LogP contribution in [0.2, 0.25) is 0 Å². The average Bonchev–Trinajstić information content (AvgIpc) is 2.62. The lowest BCUT2D eigenvalue weighted by molar-refractivity contribution is -0.120. The summed E-state index contributed by atoms with van der Waals surface area (Å²) in [5.41, 5.74) is -0.571. The van der Waals surface area contributed by atoms with E-state index in [9.17, 15) is 9.90 Å². The van der Waals surface area contributed by atoms with Gasteiger partial charge in [0.15, 0.2) is 0 Å². The van der Waals surface area contributed by atoms with Gasteiger partial charge in [-0.05, 0) is 18.8 Å². The lowest BCUT2D eigenvalue weighted by atomic mass is 10.0. The highest BCUT2D eigenvalue weighted by Crippen LogP contribution is 2.28. The van der Waals surface area contributed by atoms with Gasteiger partial charge in [-0.3, -0.25) is 4.79 Å². The fourth-order valence-electron chi connectivity index (χ4n) is 2.00. The maximum absolute atomic E-state index is 11.4. The molecule has 3 N–H and O–H groups in total. The Kier molecular flexibility index (Phi) is 5.22. The molecular weight excluding hydrogens is 204 g/mol. The normalized spacial score (nSPS) is 19.0. The van der Waals surface area contributed by atoms with Crippen molar-refractivity contribution < 1.29 is 9.90 Å². The Morgan fingerprint density at radius 3 is 2.56 bits per heavy atom. The molecule has 0 unspecified atom stereocenters. The SMILES string of the molecule is CC(C)CNC(=O)CNCC1(O)CCCC1. The number of hydrogen-bond donors (Lipinski definition) is 3. The smallest absolute Gasteiger partial charge is 0.233 e. The van der Waals surface area contributed by atoms with E-state index < -0.39 is 5.60 Å². The van der Waals surface area contributed by atoms with Crippen molar-refractivity contribution in [1.82, 2.24) is 10.6 Å². The molecule has 1 amide bonds. The van der Waals surface area contributed by atoms with Gasteiger partial charge in [-0.2, -0.15) is 0 Å². The number of hydrogen-bond acceptors (Lipinski definition) is 3. The third kappa shape index (κ3) is 4.94. The van der Waals surface area contributed by atoms with Crippen molar-refractivity contribution in [3.05, 3.63) is 0 Å². The fraction of sp³-hybridized carbons (Fsp3) is 0.917. The third-order valence-corrected chi connectivity index (χ3v) is 2.98. The van der Waals surface area contributed by atoms with Crippen LogP contribution in [-0.4, -0.2) is 36.2 Å². The summed E-state index contributed by atoms with van der Waals surface area (Å²) in [5.74, 6) is 0.485. The first-order valence-electron chi connectivity index (χ1n) is 6.22. The summed E-state index contributed by atoms with van der Waals surface area (Å²) in [4.78, 5) is 11.4. The molecule has 0 aliphatic heterocycles. The van der Waals surface area contributed by atoms with Crippen molar-refractivity contribution in [1.29, 1.82) is 0 Å². The van der Waals surface area contributed by atoms with Gasteiger partial charge in [-0.1, -0.05) is 26.7 Å². The van der Waals surface area contributed by atoms with Crippen molar-refractivity contribution in [2.75, 3.05) is 19.6 Å². The minimum atomic E-state index is -0.571. The van der Waals surface area contributed by atoms with Crippen LogP contribution in [0.15, 0.2) is 0 Å². The van der Waals surface area contributed by atoms with E-state index in [4.69, 9.17) is 0 Å². The molecule has 4 nitrogen and oxygen atoms in total. The van der Waals surface area contributed by atoms with Crippen molar-refractivity contribution in [2.24, 2.45) is 5.92 Å². The fourth-order valence-corrected chi connectivity index (χ4v) is 2.00. The molecule has 0 aromatic heterocycles. The molecule has 1 saturated carbocycles. The van der Waals surface area contributed by atoms with E-state index in [1.807, 2.05) is 0 Å². The molecule has 0 aromatic carbocycles. The molecule has 0 spiro atoms. The highest BCUT2D eigenvalue weighted by atomic mass is 16.3. The highest BCUT2D eigenvalue weighted by Gasteiger charge is 2.30. The maximum atomic E-state index is 11.4. The zero-order valence-electron chi connectivity index (χ0n) is 10.4. The summed E-state index contributed by atoms with van der Waals surface area (Å²) in [5, 5.41) is 15.9. The molecule has 1 aliphatic rings. The Bertz CT molecular complexity index is 223. The first-order chi connectivity index (χ1) is 7.52. The van der Waals surface area contributed by atoms with Crippen LogP contribution in [-0.2, 0) is 4.79 Å². The van der Waals surface area contributed by atoms with Crippen LogP contribution in [0.3, 0.4) is 0 Å². The summed E-state index contributed by atoms with van der Waals surface area (Å²) in [7, 11) is 0. The lowest BCUT2D eigenvalue weighted by Crippen LogP contribution is -2.43. The van der Waals surface area contributed by atoms with Gasteiger partial charge in [-0.15, -0.1) is 0 Å². The molecule has 0 radical (unpaired) electrons. The Labute approximate surface area is 97.8 Å². The Balaban J connectivity index is 2.08. The largest absolute Gasteiger partial charge is 0.389 e. The molecule has 0 bridgehead atoms. The topological polar surface area (TPSA) is 61.4 Å². The van der Waals surface area contributed by atoms with Gasteiger partial charge in [-0.25, -0.2) is 0 Å². The van der Waals surface area contributed by atoms with Gasteiger partial charge in [0.2, 0.25) is 5.91 Å². The Morgan fingerprint density at radius 2 is 2.00 bits per heavy atom. The van der Waals surface area contributed by atoms with Crippen LogP contribution in [0, 0.1) is 5.92 Å². The zero-order valence-corrected chi connectivity index (χ0v) is 10.4. The van der Waals surface area contributed by atoms with Gasteiger partial charge >= 0.3 is 0 Å². The van der Waals surface area contributed by atoms with Gasteiger partial charge in [0.05, 0.1) is 12.1 Å². The molecule has 0 saturated heterocycles. The number of nitrogens with one attached hydrogen (secondary N) is 2. The molecule has 94 valence electrons. The van der Waals surface area contributed by atoms with Gasteiger partial charge in [0, 0.05) is 13.1 Å². The number of carbonyl (C=O) groups is 1. The second-order valence-corrected chi connectivity index (χ2v) is 5.23. The van der Waals surface area contributed by atoms with E-state index >= 15 is 0 Å². The minimum absolute atomic E-state index is 0.00953. The van der Waals surface area contributed by atoms with E-state index in [2.05, 4.69) is 24.5 Å². The second kappa shape index (κ2) is 6.21. The molecule has 1 rings (SSSR count). The van der Waals surface area contributed by atoms with Crippen LogP contribution in [0.4, 0.5) is 0 Å². The quantitative estimate of drug-likeness (QED) is 0.625. The monoisotopic (exact) mass is 228 g/mol. The van der Waals surface area contributed by atoms with Crippen LogP contribution in [0.5, 0.6) is 0 Å². The molecule has 1 aliphatic carbocycles. The van der Waals surface area contributed by atoms with Crippen molar-refractivity contribution in [2.45, 2.75) is 45.1 Å². The standard InChI is InChI=1S/C12H24N2O2/c1-10(2)7-14-11(15)8-13-9-12(16)5-3-4-6-12/h10,13,16H,3-9H2,1-2H3,(H,14,15). The van der Waals surface area contributed by atoms with Crippen LogP contribution >= 0.6 is 0 Å². The molecular formula is C12H24N2O2. The predicted molar refractivity (Wildman–Crippen MR) is 64.1 cm³/mol. The average molecular weight is 228 g/mol. The van der Waals surface area contributed by atoms with E-state index in [0.29, 0.717) is 25.6 Å². The molecule has 16 heavy (non-hydrogen) atoms. The highest BCUT2D eigenvalue weighted by molar-refractivity contribution is 5.77. The summed E-state index contributed by atoms with van der Waals surface area (Å²) in [6.07, 6.45) is 3.90. The Morgan fingerprint density at radius 1 is 1.38 bits per heavy atom. The summed E-state index contributed by atoms with van der Waals surface area (Å²) in [6.45, 7) is 5.67. The molecule has 0 atom stereocenters. The summed E-state index contributed by atoms with van der Waals surface area (Å²) in [6, 6.07) is 0. The van der Waals surface area contributed by atoms with Gasteiger partial charge in [0.25, 0.3) is 0 Å². The van der Waals surface area contributed by atoms with E-state index in [0.717, 1.165) is 25.7 Å². The van der Waals surface area contributed by atoms with E-state index in [-0.39, 0.29) is 5.91 Å². The minimum Gasteiger partial charge on any atom is -0.389 e. The zero-order chi connectivity index (χ0) is 12.0. The lowest BCUT2D eigenvalue weighted by Gasteiger charge is -2.22. The van der Waals surface area contributed by atoms with Crippen molar-refractivity contribution in [3.63, 3.8) is 0 Å². The van der Waals surface area contributed by atoms with Crippen LogP contribution in [0.1, 0.15) is 39.5 Å². The number of carbonyl (C=O) groups excluding carboxylic acids is 1. The van der Waals surface area contributed by atoms with Crippen molar-refractivity contribution in [3.8, 4) is 0 Å². The third-order valence-electron chi connectivity index (χ3n) is 2.98. The molecule has 1 fully saturated rings. The first-order valence-corrected chi connectivity index (χ1v) is 6.22. The number of amides is 1.